The van der Waals surface area contributed by atoms with Crippen LogP contribution in [0, 0.1) is 5.92 Å². The monoisotopic (exact) mass is 333 g/mol. The van der Waals surface area contributed by atoms with E-state index in [0.29, 0.717) is 6.54 Å². The molecule has 1 fully saturated rings. The normalized spacial score (nSPS) is 19.0. The number of aromatic nitrogens is 4. The molecule has 1 atom stereocenters. The van der Waals surface area contributed by atoms with E-state index in [1.807, 2.05) is 28.9 Å². The number of hydrogen-bond donors (Lipinski definition) is 0. The number of ether oxygens (including phenoxy) is 1. The predicted molar refractivity (Wildman–Crippen MR) is 90.9 cm³/mol. The molecule has 2 heterocycles. The van der Waals surface area contributed by atoms with Gasteiger partial charge in [-0.3, -0.25) is 0 Å². The first-order chi connectivity index (χ1) is 11.2. The third-order valence-corrected chi connectivity index (χ3v) is 5.35. The van der Waals surface area contributed by atoms with Crippen molar-refractivity contribution in [3.63, 3.8) is 0 Å². The molecule has 0 N–H and O–H groups in total. The fourth-order valence-electron chi connectivity index (χ4n) is 2.90. The van der Waals surface area contributed by atoms with Gasteiger partial charge in [-0.15, -0.1) is 5.10 Å². The summed E-state index contributed by atoms with van der Waals surface area (Å²) in [5, 5.41) is 13.0. The first-order valence-electron chi connectivity index (χ1n) is 7.95. The molecule has 1 aliphatic rings. The summed E-state index contributed by atoms with van der Waals surface area (Å²) >= 11 is 1.76. The minimum absolute atomic E-state index is 0.684. The van der Waals surface area contributed by atoms with E-state index < -0.39 is 0 Å². The van der Waals surface area contributed by atoms with Gasteiger partial charge in [-0.2, -0.15) is 0 Å². The van der Waals surface area contributed by atoms with Gasteiger partial charge in [0.2, 0.25) is 5.16 Å². The van der Waals surface area contributed by atoms with Gasteiger partial charge in [0, 0.05) is 12.3 Å². The number of benzene rings is 1. The fraction of sp³-hybridized carbons (Fsp3) is 0.562. The second-order valence-corrected chi connectivity index (χ2v) is 7.04. The maximum absolute atomic E-state index is 5.19. The number of hydrogen-bond acceptors (Lipinski definition) is 6. The number of piperidine rings is 1. The molecule has 0 unspecified atom stereocenters. The Bertz CT molecular complexity index is 615. The van der Waals surface area contributed by atoms with Crippen molar-refractivity contribution in [1.82, 2.24) is 25.1 Å². The topological polar surface area (TPSA) is 56.1 Å². The minimum Gasteiger partial charge on any atom is -0.497 e. The summed E-state index contributed by atoms with van der Waals surface area (Å²) in [5.41, 5.74) is 1.16. The Labute approximate surface area is 141 Å². The van der Waals surface area contributed by atoms with Crippen LogP contribution >= 0.6 is 11.8 Å². The summed E-state index contributed by atoms with van der Waals surface area (Å²) < 4.78 is 7.06. The Hall–Kier alpha value is -1.60. The quantitative estimate of drug-likeness (QED) is 0.755. The van der Waals surface area contributed by atoms with Crippen LogP contribution in [-0.2, 0) is 6.54 Å². The lowest BCUT2D eigenvalue weighted by atomic mass is 10.0. The SMILES string of the molecule is COc1ccc(Cn2nnnc2SC[C@@H]2CCCN(C)C2)cc1. The molecule has 0 bridgehead atoms. The summed E-state index contributed by atoms with van der Waals surface area (Å²) in [6, 6.07) is 8.02. The summed E-state index contributed by atoms with van der Waals surface area (Å²) in [6.07, 6.45) is 2.59. The Kier molecular flexibility index (Phi) is 5.51. The van der Waals surface area contributed by atoms with E-state index in [2.05, 4.69) is 27.5 Å². The van der Waals surface area contributed by atoms with E-state index in [1.165, 1.54) is 25.9 Å². The molecule has 1 saturated heterocycles. The van der Waals surface area contributed by atoms with Crippen LogP contribution < -0.4 is 4.74 Å². The first kappa shape index (κ1) is 16.3. The molecule has 23 heavy (non-hydrogen) atoms. The van der Waals surface area contributed by atoms with Crippen LogP contribution in [-0.4, -0.2) is 58.1 Å². The Morgan fingerprint density at radius 1 is 1.30 bits per heavy atom. The molecule has 6 nitrogen and oxygen atoms in total. The van der Waals surface area contributed by atoms with Gasteiger partial charge in [0.1, 0.15) is 5.75 Å². The summed E-state index contributed by atoms with van der Waals surface area (Å²) in [4.78, 5) is 2.41. The van der Waals surface area contributed by atoms with Gasteiger partial charge in [0.05, 0.1) is 13.7 Å². The van der Waals surface area contributed by atoms with Gasteiger partial charge in [-0.05, 0) is 60.5 Å². The van der Waals surface area contributed by atoms with E-state index in [4.69, 9.17) is 4.74 Å². The zero-order valence-corrected chi connectivity index (χ0v) is 14.5. The molecule has 0 amide bonds. The number of nitrogens with zero attached hydrogens (tertiary/aromatic N) is 5. The zero-order chi connectivity index (χ0) is 16.1. The van der Waals surface area contributed by atoms with Crippen LogP contribution in [0.3, 0.4) is 0 Å². The van der Waals surface area contributed by atoms with Crippen molar-refractivity contribution in [3.05, 3.63) is 29.8 Å². The highest BCUT2D eigenvalue weighted by Crippen LogP contribution is 2.24. The fourth-order valence-corrected chi connectivity index (χ4v) is 3.91. The van der Waals surface area contributed by atoms with Crippen LogP contribution in [0.2, 0.25) is 0 Å². The smallest absolute Gasteiger partial charge is 0.209 e. The maximum Gasteiger partial charge on any atom is 0.209 e. The molecular formula is C16H23N5OS. The van der Waals surface area contributed by atoms with Crippen molar-refractivity contribution in [2.24, 2.45) is 5.92 Å². The third-order valence-electron chi connectivity index (χ3n) is 4.16. The van der Waals surface area contributed by atoms with Crippen molar-refractivity contribution >= 4 is 11.8 Å². The predicted octanol–water partition coefficient (Wildman–Crippen LogP) is 2.16. The molecule has 0 aliphatic carbocycles. The lowest BCUT2D eigenvalue weighted by molar-refractivity contribution is 0.224. The second kappa shape index (κ2) is 7.79. The van der Waals surface area contributed by atoms with Gasteiger partial charge in [0.15, 0.2) is 0 Å². The molecule has 0 saturated carbocycles. The van der Waals surface area contributed by atoms with Crippen molar-refractivity contribution in [2.45, 2.75) is 24.5 Å². The molecule has 7 heteroatoms. The van der Waals surface area contributed by atoms with Crippen LogP contribution in [0.15, 0.2) is 29.4 Å². The van der Waals surface area contributed by atoms with Crippen LogP contribution in [0.1, 0.15) is 18.4 Å². The van der Waals surface area contributed by atoms with E-state index in [1.54, 1.807) is 18.9 Å². The number of rotatable bonds is 6. The number of thioether (sulfide) groups is 1. The zero-order valence-electron chi connectivity index (χ0n) is 13.7. The van der Waals surface area contributed by atoms with E-state index in [0.717, 1.165) is 28.1 Å². The van der Waals surface area contributed by atoms with Crippen molar-refractivity contribution in [3.8, 4) is 5.75 Å². The summed E-state index contributed by atoms with van der Waals surface area (Å²) in [5.74, 6) is 2.67. The van der Waals surface area contributed by atoms with Gasteiger partial charge < -0.3 is 9.64 Å². The first-order valence-corrected chi connectivity index (χ1v) is 8.93. The largest absolute Gasteiger partial charge is 0.497 e. The molecular weight excluding hydrogens is 310 g/mol. The third kappa shape index (κ3) is 4.45. The highest BCUT2D eigenvalue weighted by molar-refractivity contribution is 7.99. The molecule has 0 radical (unpaired) electrons. The molecule has 124 valence electrons. The summed E-state index contributed by atoms with van der Waals surface area (Å²) in [6.45, 7) is 3.08. The summed E-state index contributed by atoms with van der Waals surface area (Å²) in [7, 11) is 3.87. The molecule has 1 aromatic heterocycles. The lowest BCUT2D eigenvalue weighted by Gasteiger charge is -2.29. The number of methoxy groups -OCH3 is 1. The van der Waals surface area contributed by atoms with Crippen LogP contribution in [0.25, 0.3) is 0 Å². The Morgan fingerprint density at radius 3 is 2.87 bits per heavy atom. The van der Waals surface area contributed by atoms with Gasteiger partial charge in [-0.25, -0.2) is 4.68 Å². The molecule has 1 aromatic carbocycles. The average molecular weight is 333 g/mol. The van der Waals surface area contributed by atoms with Crippen molar-refractivity contribution < 1.29 is 4.74 Å². The number of tetrazole rings is 1. The van der Waals surface area contributed by atoms with Crippen LogP contribution in [0.5, 0.6) is 5.75 Å². The minimum atomic E-state index is 0.684. The highest BCUT2D eigenvalue weighted by atomic mass is 32.2. The maximum atomic E-state index is 5.19. The average Bonchev–Trinajstić information content (AvgIpc) is 3.01. The molecule has 3 rings (SSSR count). The van der Waals surface area contributed by atoms with Crippen molar-refractivity contribution in [1.29, 1.82) is 0 Å². The van der Waals surface area contributed by atoms with E-state index in [9.17, 15) is 0 Å². The Balaban J connectivity index is 1.58. The highest BCUT2D eigenvalue weighted by Gasteiger charge is 2.18. The standard InChI is InChI=1S/C16H23N5OS/c1-20-9-3-4-14(10-20)12-23-16-17-18-19-21(16)11-13-5-7-15(22-2)8-6-13/h5-8,14H,3-4,9-12H2,1-2H3/t14-/m1/s1. The van der Waals surface area contributed by atoms with E-state index >= 15 is 0 Å². The van der Waals surface area contributed by atoms with Crippen LogP contribution in [0.4, 0.5) is 0 Å². The van der Waals surface area contributed by atoms with Gasteiger partial charge in [-0.1, -0.05) is 23.9 Å². The second-order valence-electron chi connectivity index (χ2n) is 6.05. The molecule has 2 aromatic rings. The number of likely N-dealkylation sites (tertiary alicyclic amines) is 1. The van der Waals surface area contributed by atoms with Crippen molar-refractivity contribution in [2.75, 3.05) is 33.0 Å². The molecule has 1 aliphatic heterocycles. The molecule has 0 spiro atoms. The van der Waals surface area contributed by atoms with Gasteiger partial charge in [0.25, 0.3) is 0 Å². The van der Waals surface area contributed by atoms with Gasteiger partial charge >= 0.3 is 0 Å². The van der Waals surface area contributed by atoms with E-state index in [-0.39, 0.29) is 0 Å². The Morgan fingerprint density at radius 2 is 2.13 bits per heavy atom. The lowest BCUT2D eigenvalue weighted by Crippen LogP contribution is -2.33.